The Balaban J connectivity index is 1.81. The molecule has 0 bridgehead atoms. The van der Waals surface area contributed by atoms with Crippen LogP contribution in [-0.4, -0.2) is 34.7 Å². The van der Waals surface area contributed by atoms with Crippen molar-refractivity contribution in [2.75, 3.05) is 19.7 Å². The van der Waals surface area contributed by atoms with Crippen molar-refractivity contribution >= 4 is 22.5 Å². The van der Waals surface area contributed by atoms with Crippen molar-refractivity contribution in [2.24, 2.45) is 5.92 Å². The molecule has 0 amide bonds. The highest BCUT2D eigenvalue weighted by Gasteiger charge is 2.20. The van der Waals surface area contributed by atoms with E-state index in [4.69, 9.17) is 11.6 Å². The second kappa shape index (κ2) is 6.08. The van der Waals surface area contributed by atoms with E-state index in [0.29, 0.717) is 11.1 Å². The summed E-state index contributed by atoms with van der Waals surface area (Å²) in [5, 5.41) is 11.0. The van der Waals surface area contributed by atoms with Gasteiger partial charge in [-0.25, -0.2) is 4.98 Å². The van der Waals surface area contributed by atoms with Gasteiger partial charge < -0.3 is 5.11 Å². The Kier molecular flexibility index (Phi) is 4.20. The van der Waals surface area contributed by atoms with Gasteiger partial charge in [0.05, 0.1) is 5.52 Å². The van der Waals surface area contributed by atoms with Gasteiger partial charge in [-0.3, -0.25) is 4.90 Å². The van der Waals surface area contributed by atoms with Crippen molar-refractivity contribution in [3.63, 3.8) is 0 Å². The lowest BCUT2D eigenvalue weighted by Gasteiger charge is -2.31. The third kappa shape index (κ3) is 2.95. The molecule has 1 aliphatic rings. The van der Waals surface area contributed by atoms with E-state index in [1.54, 1.807) is 0 Å². The van der Waals surface area contributed by atoms with Crippen LogP contribution in [0.5, 0.6) is 0 Å². The first-order valence-electron chi connectivity index (χ1n) is 7.13. The average molecular weight is 291 g/mol. The summed E-state index contributed by atoms with van der Waals surface area (Å²) in [6, 6.07) is 10.2. The van der Waals surface area contributed by atoms with E-state index in [1.807, 2.05) is 18.2 Å². The lowest BCUT2D eigenvalue weighted by atomic mass is 9.98. The van der Waals surface area contributed by atoms with Crippen molar-refractivity contribution in [1.82, 2.24) is 9.88 Å². The van der Waals surface area contributed by atoms with E-state index in [1.165, 1.54) is 0 Å². The standard InChI is InChI=1S/C16H19ClN2O/c17-16-14(8-13-5-1-2-6-15(13)18-16)10-19-7-3-4-12(9-19)11-20/h1-2,5-6,8,12,20H,3-4,7,9-11H2. The molecule has 20 heavy (non-hydrogen) atoms. The Morgan fingerprint density at radius 2 is 2.20 bits per heavy atom. The van der Waals surface area contributed by atoms with E-state index in [9.17, 15) is 5.11 Å². The molecular weight excluding hydrogens is 272 g/mol. The van der Waals surface area contributed by atoms with Crippen LogP contribution in [0.2, 0.25) is 5.15 Å². The Bertz CT molecular complexity index is 602. The number of fused-ring (bicyclic) bond motifs is 1. The van der Waals surface area contributed by atoms with Gasteiger partial charge in [-0.2, -0.15) is 0 Å². The van der Waals surface area contributed by atoms with Crippen LogP contribution < -0.4 is 0 Å². The van der Waals surface area contributed by atoms with Gasteiger partial charge in [0.25, 0.3) is 0 Å². The zero-order chi connectivity index (χ0) is 13.9. The summed E-state index contributed by atoms with van der Waals surface area (Å²) < 4.78 is 0. The molecule has 1 aromatic heterocycles. The number of hydrogen-bond acceptors (Lipinski definition) is 3. The number of benzene rings is 1. The molecule has 1 fully saturated rings. The molecule has 0 radical (unpaired) electrons. The van der Waals surface area contributed by atoms with Crippen LogP contribution in [0.1, 0.15) is 18.4 Å². The number of aliphatic hydroxyl groups is 1. The summed E-state index contributed by atoms with van der Waals surface area (Å²) in [5.74, 6) is 0.399. The molecule has 1 aliphatic heterocycles. The minimum atomic E-state index is 0.278. The number of likely N-dealkylation sites (tertiary alicyclic amines) is 1. The van der Waals surface area contributed by atoms with Crippen LogP contribution in [0.25, 0.3) is 10.9 Å². The zero-order valence-electron chi connectivity index (χ0n) is 11.4. The van der Waals surface area contributed by atoms with Gasteiger partial charge in [-0.1, -0.05) is 29.8 Å². The Hall–Kier alpha value is -1.16. The number of hydrogen-bond donors (Lipinski definition) is 1. The molecule has 2 aromatic rings. The molecule has 1 aromatic carbocycles. The van der Waals surface area contributed by atoms with Gasteiger partial charge in [0, 0.05) is 30.6 Å². The van der Waals surface area contributed by atoms with Gasteiger partial charge in [0.1, 0.15) is 5.15 Å². The molecule has 3 nitrogen and oxygen atoms in total. The van der Waals surface area contributed by atoms with Crippen molar-refractivity contribution in [3.05, 3.63) is 41.0 Å². The number of aromatic nitrogens is 1. The topological polar surface area (TPSA) is 36.4 Å². The summed E-state index contributed by atoms with van der Waals surface area (Å²) in [4.78, 5) is 6.83. The van der Waals surface area contributed by atoms with Crippen molar-refractivity contribution in [1.29, 1.82) is 0 Å². The number of para-hydroxylation sites is 1. The lowest BCUT2D eigenvalue weighted by molar-refractivity contribution is 0.116. The number of aliphatic hydroxyl groups excluding tert-OH is 1. The predicted molar refractivity (Wildman–Crippen MR) is 81.8 cm³/mol. The quantitative estimate of drug-likeness (QED) is 0.883. The highest BCUT2D eigenvalue weighted by atomic mass is 35.5. The summed E-state index contributed by atoms with van der Waals surface area (Å²) in [6.07, 6.45) is 2.26. The molecule has 2 heterocycles. The van der Waals surface area contributed by atoms with Gasteiger partial charge in [0.15, 0.2) is 0 Å². The van der Waals surface area contributed by atoms with Crippen molar-refractivity contribution in [3.8, 4) is 0 Å². The molecule has 1 unspecified atom stereocenters. The summed E-state index contributed by atoms with van der Waals surface area (Å²) in [5.41, 5.74) is 2.01. The van der Waals surface area contributed by atoms with Gasteiger partial charge in [-0.05, 0) is 37.4 Å². The molecule has 0 aliphatic carbocycles. The number of rotatable bonds is 3. The fourth-order valence-corrected chi connectivity index (χ4v) is 3.14. The van der Waals surface area contributed by atoms with Crippen LogP contribution >= 0.6 is 11.6 Å². The van der Waals surface area contributed by atoms with Crippen LogP contribution in [0.15, 0.2) is 30.3 Å². The van der Waals surface area contributed by atoms with Crippen molar-refractivity contribution < 1.29 is 5.11 Å². The number of pyridine rings is 1. The maximum atomic E-state index is 9.31. The molecule has 3 rings (SSSR count). The minimum Gasteiger partial charge on any atom is -0.396 e. The fourth-order valence-electron chi connectivity index (χ4n) is 2.93. The van der Waals surface area contributed by atoms with E-state index in [0.717, 1.165) is 48.9 Å². The largest absolute Gasteiger partial charge is 0.396 e. The molecule has 0 spiro atoms. The molecule has 1 N–H and O–H groups in total. The maximum absolute atomic E-state index is 9.31. The maximum Gasteiger partial charge on any atom is 0.134 e. The highest BCUT2D eigenvalue weighted by Crippen LogP contribution is 2.24. The van der Waals surface area contributed by atoms with Crippen LogP contribution in [0.3, 0.4) is 0 Å². The second-order valence-corrected chi connectivity index (χ2v) is 5.91. The number of halogens is 1. The summed E-state index contributed by atoms with van der Waals surface area (Å²) >= 11 is 6.31. The Morgan fingerprint density at radius 1 is 1.35 bits per heavy atom. The molecule has 0 saturated carbocycles. The predicted octanol–water partition coefficient (Wildman–Crippen LogP) is 3.09. The fraction of sp³-hybridized carbons (Fsp3) is 0.438. The monoisotopic (exact) mass is 290 g/mol. The van der Waals surface area contributed by atoms with E-state index in [-0.39, 0.29) is 6.61 Å². The van der Waals surface area contributed by atoms with Gasteiger partial charge in [0.2, 0.25) is 0 Å². The van der Waals surface area contributed by atoms with Crippen LogP contribution in [0, 0.1) is 5.92 Å². The minimum absolute atomic E-state index is 0.278. The van der Waals surface area contributed by atoms with Crippen molar-refractivity contribution in [2.45, 2.75) is 19.4 Å². The number of piperidine rings is 1. The molecule has 1 atom stereocenters. The summed E-state index contributed by atoms with van der Waals surface area (Å²) in [6.45, 7) is 3.10. The molecule has 106 valence electrons. The average Bonchev–Trinajstić information content (AvgIpc) is 2.48. The Morgan fingerprint density at radius 3 is 3.05 bits per heavy atom. The van der Waals surface area contributed by atoms with Crippen LogP contribution in [0.4, 0.5) is 0 Å². The molecular formula is C16H19ClN2O. The lowest BCUT2D eigenvalue weighted by Crippen LogP contribution is -2.36. The zero-order valence-corrected chi connectivity index (χ0v) is 12.2. The van der Waals surface area contributed by atoms with E-state index < -0.39 is 0 Å². The SMILES string of the molecule is OCC1CCCN(Cc2cc3ccccc3nc2Cl)C1. The first-order chi connectivity index (χ1) is 9.76. The summed E-state index contributed by atoms with van der Waals surface area (Å²) in [7, 11) is 0. The van der Waals surface area contributed by atoms with E-state index in [2.05, 4.69) is 22.0 Å². The van der Waals surface area contributed by atoms with E-state index >= 15 is 0 Å². The first kappa shape index (κ1) is 13.8. The highest BCUT2D eigenvalue weighted by molar-refractivity contribution is 6.30. The molecule has 1 saturated heterocycles. The Labute approximate surface area is 124 Å². The normalized spacial score (nSPS) is 20.4. The smallest absolute Gasteiger partial charge is 0.134 e. The molecule has 4 heteroatoms. The second-order valence-electron chi connectivity index (χ2n) is 5.56. The van der Waals surface area contributed by atoms with Crippen LogP contribution in [-0.2, 0) is 6.54 Å². The third-order valence-corrected chi connectivity index (χ3v) is 4.33. The van der Waals surface area contributed by atoms with Gasteiger partial charge >= 0.3 is 0 Å². The van der Waals surface area contributed by atoms with Gasteiger partial charge in [-0.15, -0.1) is 0 Å². The third-order valence-electron chi connectivity index (χ3n) is 4.01. The number of nitrogens with zero attached hydrogens (tertiary/aromatic N) is 2. The first-order valence-corrected chi connectivity index (χ1v) is 7.51.